The number of amides is 1. The fraction of sp³-hybridized carbons (Fsp3) is 0.176. The van der Waals surface area contributed by atoms with Gasteiger partial charge in [-0.3, -0.25) is 4.79 Å². The van der Waals surface area contributed by atoms with Gasteiger partial charge in [-0.25, -0.2) is 4.98 Å². The average molecular weight is 280 g/mol. The molecule has 0 atom stereocenters. The van der Waals surface area contributed by atoms with Crippen molar-refractivity contribution in [1.82, 2.24) is 9.88 Å². The molecule has 1 amide bonds. The van der Waals surface area contributed by atoms with Crippen LogP contribution in [0, 0.1) is 0 Å². The Hall–Kier alpha value is -2.62. The maximum Gasteiger partial charge on any atom is 0.253 e. The lowest BCUT2D eigenvalue weighted by molar-refractivity contribution is 0.0802. The molecule has 1 heterocycles. The quantitative estimate of drug-likeness (QED) is 0.736. The molecule has 0 N–H and O–H groups in total. The summed E-state index contributed by atoms with van der Waals surface area (Å²) in [6.07, 6.45) is 0. The second-order valence-corrected chi connectivity index (χ2v) is 4.89. The van der Waals surface area contributed by atoms with Crippen molar-refractivity contribution in [2.45, 2.75) is 6.92 Å². The number of aromatic nitrogens is 1. The Morgan fingerprint density at radius 2 is 1.95 bits per heavy atom. The van der Waals surface area contributed by atoms with E-state index in [4.69, 9.17) is 4.42 Å². The molecular weight excluding hydrogens is 264 g/mol. The first-order chi connectivity index (χ1) is 10.2. The molecule has 0 radical (unpaired) electrons. The number of carbonyl (C=O) groups is 1. The average Bonchev–Trinajstić information content (AvgIpc) is 2.97. The number of carbonyl (C=O) groups excluding carboxylic acids is 1. The maximum absolute atomic E-state index is 12.2. The zero-order valence-electron chi connectivity index (χ0n) is 12.0. The fourth-order valence-electron chi connectivity index (χ4n) is 2.13. The van der Waals surface area contributed by atoms with Crippen LogP contribution in [0.15, 0.2) is 52.9 Å². The van der Waals surface area contributed by atoms with Crippen molar-refractivity contribution in [3.63, 3.8) is 0 Å². The summed E-state index contributed by atoms with van der Waals surface area (Å²) in [5.41, 5.74) is 2.92. The lowest BCUT2D eigenvalue weighted by Crippen LogP contribution is -2.26. The first-order valence-electron chi connectivity index (χ1n) is 6.90. The minimum Gasteiger partial charge on any atom is -0.436 e. The SMILES string of the molecule is CCN(C)C(=O)c1ccc2nc(-c3ccccc3)oc2c1. The van der Waals surface area contributed by atoms with Crippen LogP contribution in [0.2, 0.25) is 0 Å². The third-order valence-electron chi connectivity index (χ3n) is 3.48. The Morgan fingerprint density at radius 3 is 2.67 bits per heavy atom. The first-order valence-corrected chi connectivity index (χ1v) is 6.90. The highest BCUT2D eigenvalue weighted by molar-refractivity contribution is 5.97. The van der Waals surface area contributed by atoms with Crippen molar-refractivity contribution >= 4 is 17.0 Å². The topological polar surface area (TPSA) is 46.3 Å². The van der Waals surface area contributed by atoms with Crippen LogP contribution >= 0.6 is 0 Å². The molecule has 2 aromatic carbocycles. The van der Waals surface area contributed by atoms with E-state index in [0.29, 0.717) is 23.6 Å². The fourth-order valence-corrected chi connectivity index (χ4v) is 2.13. The predicted octanol–water partition coefficient (Wildman–Crippen LogP) is 3.59. The highest BCUT2D eigenvalue weighted by atomic mass is 16.3. The third-order valence-corrected chi connectivity index (χ3v) is 3.48. The molecule has 21 heavy (non-hydrogen) atoms. The third kappa shape index (κ3) is 2.52. The number of fused-ring (bicyclic) bond motifs is 1. The van der Waals surface area contributed by atoms with Crippen LogP contribution in [0.25, 0.3) is 22.6 Å². The minimum atomic E-state index is -0.0166. The number of hydrogen-bond acceptors (Lipinski definition) is 3. The molecular formula is C17H16N2O2. The number of benzene rings is 2. The van der Waals surface area contributed by atoms with Gasteiger partial charge >= 0.3 is 0 Å². The van der Waals surface area contributed by atoms with Crippen LogP contribution in [0.4, 0.5) is 0 Å². The summed E-state index contributed by atoms with van der Waals surface area (Å²) in [6.45, 7) is 2.61. The predicted molar refractivity (Wildman–Crippen MR) is 82.1 cm³/mol. The summed E-state index contributed by atoms with van der Waals surface area (Å²) in [6, 6.07) is 15.1. The zero-order chi connectivity index (χ0) is 14.8. The van der Waals surface area contributed by atoms with E-state index < -0.39 is 0 Å². The van der Waals surface area contributed by atoms with Gasteiger partial charge in [-0.15, -0.1) is 0 Å². The molecule has 0 saturated carbocycles. The molecule has 4 heteroatoms. The Morgan fingerprint density at radius 1 is 1.19 bits per heavy atom. The largest absolute Gasteiger partial charge is 0.436 e. The summed E-state index contributed by atoms with van der Waals surface area (Å²) in [5.74, 6) is 0.552. The Kier molecular flexibility index (Phi) is 3.44. The van der Waals surface area contributed by atoms with Crippen LogP contribution in [-0.2, 0) is 0 Å². The van der Waals surface area contributed by atoms with E-state index in [-0.39, 0.29) is 5.91 Å². The van der Waals surface area contributed by atoms with E-state index in [9.17, 15) is 4.79 Å². The van der Waals surface area contributed by atoms with Crippen LogP contribution in [-0.4, -0.2) is 29.4 Å². The Balaban J connectivity index is 2.01. The molecule has 106 valence electrons. The van der Waals surface area contributed by atoms with Crippen LogP contribution in [0.3, 0.4) is 0 Å². The van der Waals surface area contributed by atoms with E-state index in [0.717, 1.165) is 11.1 Å². The number of nitrogens with zero attached hydrogens (tertiary/aromatic N) is 2. The van der Waals surface area contributed by atoms with Crippen molar-refractivity contribution < 1.29 is 9.21 Å². The van der Waals surface area contributed by atoms with Gasteiger partial charge in [-0.1, -0.05) is 18.2 Å². The molecule has 1 aromatic heterocycles. The van der Waals surface area contributed by atoms with Crippen LogP contribution in [0.1, 0.15) is 17.3 Å². The van der Waals surface area contributed by atoms with E-state index in [1.54, 1.807) is 24.1 Å². The first kappa shape index (κ1) is 13.4. The molecule has 0 saturated heterocycles. The van der Waals surface area contributed by atoms with Crippen molar-refractivity contribution in [1.29, 1.82) is 0 Å². The molecule has 0 aliphatic heterocycles. The van der Waals surface area contributed by atoms with Crippen LogP contribution in [0.5, 0.6) is 0 Å². The van der Waals surface area contributed by atoms with Crippen molar-refractivity contribution in [2.75, 3.05) is 13.6 Å². The molecule has 3 aromatic rings. The summed E-state index contributed by atoms with van der Waals surface area (Å²) in [5, 5.41) is 0. The number of oxazole rings is 1. The maximum atomic E-state index is 12.2. The molecule has 4 nitrogen and oxygen atoms in total. The second kappa shape index (κ2) is 5.40. The van der Waals surface area contributed by atoms with Gasteiger partial charge in [0, 0.05) is 24.7 Å². The monoisotopic (exact) mass is 280 g/mol. The number of rotatable bonds is 3. The molecule has 0 aliphatic carbocycles. The lowest BCUT2D eigenvalue weighted by atomic mass is 10.2. The normalized spacial score (nSPS) is 10.8. The molecule has 3 rings (SSSR count). The van der Waals surface area contributed by atoms with Crippen molar-refractivity contribution in [2.24, 2.45) is 0 Å². The van der Waals surface area contributed by atoms with E-state index in [1.165, 1.54) is 0 Å². The van der Waals surface area contributed by atoms with Gasteiger partial charge in [0.1, 0.15) is 5.52 Å². The van der Waals surface area contributed by atoms with Gasteiger partial charge in [0.2, 0.25) is 5.89 Å². The molecule has 0 fully saturated rings. The van der Waals surface area contributed by atoms with Crippen molar-refractivity contribution in [3.8, 4) is 11.5 Å². The van der Waals surface area contributed by atoms with E-state index in [2.05, 4.69) is 4.98 Å². The second-order valence-electron chi connectivity index (χ2n) is 4.89. The molecule has 0 bridgehead atoms. The smallest absolute Gasteiger partial charge is 0.253 e. The van der Waals surface area contributed by atoms with Gasteiger partial charge in [-0.2, -0.15) is 0 Å². The van der Waals surface area contributed by atoms with E-state index in [1.807, 2.05) is 43.3 Å². The Labute approximate surface area is 123 Å². The van der Waals surface area contributed by atoms with Gasteiger partial charge in [0.15, 0.2) is 5.58 Å². The molecule has 0 spiro atoms. The minimum absolute atomic E-state index is 0.0166. The Bertz CT molecular complexity index is 778. The highest BCUT2D eigenvalue weighted by Crippen LogP contribution is 2.25. The van der Waals surface area contributed by atoms with Crippen molar-refractivity contribution in [3.05, 3.63) is 54.1 Å². The lowest BCUT2D eigenvalue weighted by Gasteiger charge is -2.13. The van der Waals surface area contributed by atoms with Crippen LogP contribution < -0.4 is 0 Å². The molecule has 0 aliphatic rings. The van der Waals surface area contributed by atoms with Gasteiger partial charge in [0.05, 0.1) is 0 Å². The van der Waals surface area contributed by atoms with Gasteiger partial charge in [0.25, 0.3) is 5.91 Å². The summed E-state index contributed by atoms with van der Waals surface area (Å²) >= 11 is 0. The highest BCUT2D eigenvalue weighted by Gasteiger charge is 2.13. The summed E-state index contributed by atoms with van der Waals surface area (Å²) in [4.78, 5) is 18.3. The summed E-state index contributed by atoms with van der Waals surface area (Å²) < 4.78 is 5.78. The number of hydrogen-bond donors (Lipinski definition) is 0. The zero-order valence-corrected chi connectivity index (χ0v) is 12.0. The molecule has 0 unspecified atom stereocenters. The standard InChI is InChI=1S/C17H16N2O2/c1-3-19(2)17(20)13-9-10-14-15(11-13)21-16(18-14)12-7-5-4-6-8-12/h4-11H,3H2,1-2H3. The van der Waals surface area contributed by atoms with Gasteiger partial charge < -0.3 is 9.32 Å². The van der Waals surface area contributed by atoms with Gasteiger partial charge in [-0.05, 0) is 37.3 Å². The summed E-state index contributed by atoms with van der Waals surface area (Å²) in [7, 11) is 1.78. The van der Waals surface area contributed by atoms with E-state index >= 15 is 0 Å².